The van der Waals surface area contributed by atoms with Gasteiger partial charge in [0.2, 0.25) is 5.91 Å². The van der Waals surface area contributed by atoms with Gasteiger partial charge in [0.1, 0.15) is 0 Å². The number of aliphatic hydroxyl groups excluding tert-OH is 2. The van der Waals surface area contributed by atoms with Gasteiger partial charge in [0.25, 0.3) is 0 Å². The summed E-state index contributed by atoms with van der Waals surface area (Å²) in [5, 5.41) is 23.4. The van der Waals surface area contributed by atoms with E-state index in [2.05, 4.69) is 55.6 Å². The van der Waals surface area contributed by atoms with Crippen molar-refractivity contribution in [3.63, 3.8) is 0 Å². The lowest BCUT2D eigenvalue weighted by Crippen LogP contribution is -2.45. The average Bonchev–Trinajstić information content (AvgIpc) is 3.48. The van der Waals surface area contributed by atoms with Crippen molar-refractivity contribution in [2.45, 2.75) is 424 Å². The number of hydrogen-bond donors (Lipinski definition) is 3. The molecule has 0 aliphatic carbocycles. The highest BCUT2D eigenvalue weighted by atomic mass is 16.5. The number of carbonyl (C=O) groups is 2. The van der Waals surface area contributed by atoms with E-state index in [0.29, 0.717) is 25.9 Å². The number of rotatable bonds is 70. The summed E-state index contributed by atoms with van der Waals surface area (Å²) in [6, 6.07) is -0.541. The summed E-state index contributed by atoms with van der Waals surface area (Å²) < 4.78 is 5.50. The molecule has 0 aromatic heterocycles. The number of esters is 1. The maximum absolute atomic E-state index is 12.5. The molecule has 0 aromatic carbocycles. The predicted molar refractivity (Wildman–Crippen MR) is 361 cm³/mol. The zero-order valence-corrected chi connectivity index (χ0v) is 55.5. The Labute approximate surface area is 513 Å². The second kappa shape index (κ2) is 71.6. The Morgan fingerprint density at radius 2 is 0.610 bits per heavy atom. The quantitative estimate of drug-likeness (QED) is 0.0320. The van der Waals surface area contributed by atoms with Crippen LogP contribution >= 0.6 is 0 Å². The van der Waals surface area contributed by atoms with E-state index in [1.165, 1.54) is 327 Å². The van der Waals surface area contributed by atoms with Crippen LogP contribution in [0.15, 0.2) is 36.5 Å². The average molecular weight is 1150 g/mol. The zero-order chi connectivity index (χ0) is 59.2. The highest BCUT2D eigenvalue weighted by Gasteiger charge is 2.20. The predicted octanol–water partition coefficient (Wildman–Crippen LogP) is 24.3. The first-order valence-corrected chi connectivity index (χ1v) is 37.2. The minimum Gasteiger partial charge on any atom is -0.466 e. The fraction of sp³-hybridized carbons (Fsp3) is 0.895. The van der Waals surface area contributed by atoms with Crippen molar-refractivity contribution in [1.82, 2.24) is 5.32 Å². The van der Waals surface area contributed by atoms with E-state index >= 15 is 0 Å². The number of ether oxygens (including phenoxy) is 1. The topological polar surface area (TPSA) is 95.9 Å². The smallest absolute Gasteiger partial charge is 0.305 e. The molecule has 6 nitrogen and oxygen atoms in total. The van der Waals surface area contributed by atoms with Crippen LogP contribution in [0.5, 0.6) is 0 Å². The molecule has 0 fully saturated rings. The van der Waals surface area contributed by atoms with Crippen LogP contribution in [0.3, 0.4) is 0 Å². The molecule has 1 amide bonds. The summed E-state index contributed by atoms with van der Waals surface area (Å²) in [4.78, 5) is 24.6. The molecule has 0 radical (unpaired) electrons. The minimum absolute atomic E-state index is 0.0109. The summed E-state index contributed by atoms with van der Waals surface area (Å²) in [5.74, 6) is -0.0204. The first-order chi connectivity index (χ1) is 40.5. The third-order valence-electron chi connectivity index (χ3n) is 17.4. The van der Waals surface area contributed by atoms with Gasteiger partial charge in [-0.2, -0.15) is 0 Å². The summed E-state index contributed by atoms with van der Waals surface area (Å²) in [5.41, 5.74) is 0. The van der Waals surface area contributed by atoms with Crippen molar-refractivity contribution in [3.8, 4) is 0 Å². The Morgan fingerprint density at radius 1 is 0.341 bits per heavy atom. The third kappa shape index (κ3) is 67.2. The lowest BCUT2D eigenvalue weighted by molar-refractivity contribution is -0.143. The number of hydrogen-bond acceptors (Lipinski definition) is 5. The lowest BCUT2D eigenvalue weighted by atomic mass is 10.0. The monoisotopic (exact) mass is 1150 g/mol. The van der Waals surface area contributed by atoms with Crippen LogP contribution < -0.4 is 5.32 Å². The van der Waals surface area contributed by atoms with E-state index in [1.807, 2.05) is 0 Å². The van der Waals surface area contributed by atoms with Crippen molar-refractivity contribution >= 4 is 11.9 Å². The van der Waals surface area contributed by atoms with Gasteiger partial charge in [-0.25, -0.2) is 0 Å². The van der Waals surface area contributed by atoms with Crippen LogP contribution in [0.25, 0.3) is 0 Å². The normalized spacial score (nSPS) is 12.7. The number of amides is 1. The maximum atomic E-state index is 12.5. The molecule has 0 heterocycles. The number of carbonyl (C=O) groups excluding carboxylic acids is 2. The molecular formula is C76H145NO5. The molecule has 0 spiro atoms. The van der Waals surface area contributed by atoms with Gasteiger partial charge in [-0.15, -0.1) is 0 Å². The fourth-order valence-electron chi connectivity index (χ4n) is 11.7. The molecule has 0 aliphatic rings. The minimum atomic E-state index is -0.664. The lowest BCUT2D eigenvalue weighted by Gasteiger charge is -2.22. The van der Waals surface area contributed by atoms with Crippen molar-refractivity contribution in [1.29, 1.82) is 0 Å². The van der Waals surface area contributed by atoms with Crippen molar-refractivity contribution in [2.24, 2.45) is 0 Å². The van der Waals surface area contributed by atoms with Crippen molar-refractivity contribution in [2.75, 3.05) is 13.2 Å². The Bertz CT molecular complexity index is 1330. The van der Waals surface area contributed by atoms with Crippen molar-refractivity contribution < 1.29 is 24.5 Å². The molecule has 6 heteroatoms. The van der Waals surface area contributed by atoms with Crippen LogP contribution in [-0.2, 0) is 14.3 Å². The highest BCUT2D eigenvalue weighted by molar-refractivity contribution is 5.76. The molecule has 0 aromatic rings. The second-order valence-electron chi connectivity index (χ2n) is 25.6. The molecule has 2 atom stereocenters. The Hall–Kier alpha value is -1.92. The molecule has 2 unspecified atom stereocenters. The Kier molecular flexibility index (Phi) is 69.9. The van der Waals surface area contributed by atoms with Gasteiger partial charge >= 0.3 is 5.97 Å². The third-order valence-corrected chi connectivity index (χ3v) is 17.4. The van der Waals surface area contributed by atoms with Gasteiger partial charge in [0.15, 0.2) is 0 Å². The van der Waals surface area contributed by atoms with Crippen LogP contribution in [0.4, 0.5) is 0 Å². The number of allylic oxidation sites excluding steroid dienone is 6. The molecule has 3 N–H and O–H groups in total. The van der Waals surface area contributed by atoms with E-state index < -0.39 is 12.1 Å². The van der Waals surface area contributed by atoms with E-state index in [4.69, 9.17) is 4.74 Å². The maximum Gasteiger partial charge on any atom is 0.305 e. The second-order valence-corrected chi connectivity index (χ2v) is 25.6. The van der Waals surface area contributed by atoms with Gasteiger partial charge in [0.05, 0.1) is 25.4 Å². The zero-order valence-electron chi connectivity index (χ0n) is 55.5. The number of unbranched alkanes of at least 4 members (excludes halogenated alkanes) is 53. The summed E-state index contributed by atoms with van der Waals surface area (Å²) in [6.07, 6.45) is 92.1. The van der Waals surface area contributed by atoms with Crippen LogP contribution in [-0.4, -0.2) is 47.4 Å². The molecule has 0 bridgehead atoms. The largest absolute Gasteiger partial charge is 0.466 e. The molecule has 82 heavy (non-hydrogen) atoms. The molecule has 0 aliphatic heterocycles. The van der Waals surface area contributed by atoms with E-state index in [1.54, 1.807) is 0 Å². The van der Waals surface area contributed by atoms with Gasteiger partial charge in [0, 0.05) is 12.8 Å². The van der Waals surface area contributed by atoms with Crippen molar-refractivity contribution in [3.05, 3.63) is 36.5 Å². The fourth-order valence-corrected chi connectivity index (χ4v) is 11.7. The Morgan fingerprint density at radius 3 is 0.939 bits per heavy atom. The van der Waals surface area contributed by atoms with Gasteiger partial charge in [-0.05, 0) is 83.5 Å². The molecule has 0 rings (SSSR count). The molecule has 484 valence electrons. The summed E-state index contributed by atoms with van der Waals surface area (Å²) in [7, 11) is 0. The van der Waals surface area contributed by atoms with E-state index in [-0.39, 0.29) is 18.5 Å². The van der Waals surface area contributed by atoms with Gasteiger partial charge in [-0.1, -0.05) is 352 Å². The molecular weight excluding hydrogens is 1010 g/mol. The van der Waals surface area contributed by atoms with E-state index in [9.17, 15) is 19.8 Å². The standard InChI is InChI=1S/C76H145NO5/c1-3-5-7-9-11-13-15-17-19-21-38-42-46-50-54-58-62-66-70-76(81)82-71-67-63-59-55-51-47-43-39-36-34-32-30-28-26-24-22-23-25-27-29-31-33-35-37-41-45-49-53-57-61-65-69-75(80)77-73(72-78)74(79)68-64-60-56-52-48-44-40-20-18-16-14-12-10-8-6-4-2/h19,21,24,26,30,32,73-74,78-79H,3-18,20,22-23,25,27-29,31,33-72H2,1-2H3,(H,77,80)/b21-19-,26-24-,32-30-. The highest BCUT2D eigenvalue weighted by Crippen LogP contribution is 2.19. The van der Waals surface area contributed by atoms with Gasteiger partial charge < -0.3 is 20.3 Å². The summed E-state index contributed by atoms with van der Waals surface area (Å²) in [6.45, 7) is 4.98. The molecule has 0 saturated heterocycles. The first-order valence-electron chi connectivity index (χ1n) is 37.2. The first kappa shape index (κ1) is 80.1. The molecule has 0 saturated carbocycles. The van der Waals surface area contributed by atoms with Crippen LogP contribution in [0.2, 0.25) is 0 Å². The van der Waals surface area contributed by atoms with Gasteiger partial charge in [-0.3, -0.25) is 9.59 Å². The number of nitrogens with one attached hydrogen (secondary N) is 1. The Balaban J connectivity index is 3.38. The van der Waals surface area contributed by atoms with E-state index in [0.717, 1.165) is 51.4 Å². The summed E-state index contributed by atoms with van der Waals surface area (Å²) >= 11 is 0. The number of aliphatic hydroxyl groups is 2. The SMILES string of the molecule is CCCCCCCCC/C=C\CCCCCCCCCC(=O)OCCCCCCCCCCC/C=C\C/C=C\CCCCCCCCCCCCCCCCCC(=O)NC(CO)C(O)CCCCCCCCCCCCCCCCCC. The van der Waals surface area contributed by atoms with Crippen LogP contribution in [0.1, 0.15) is 412 Å². The van der Waals surface area contributed by atoms with Crippen LogP contribution in [0, 0.1) is 0 Å².